The molecule has 0 radical (unpaired) electrons. The monoisotopic (exact) mass is 358 g/mol. The van der Waals surface area contributed by atoms with Crippen LogP contribution in [0.2, 0.25) is 5.02 Å². The van der Waals surface area contributed by atoms with Crippen molar-refractivity contribution < 1.29 is 14.3 Å². The van der Waals surface area contributed by atoms with E-state index in [1.807, 2.05) is 24.3 Å². The number of rotatable bonds is 8. The van der Waals surface area contributed by atoms with E-state index in [1.54, 1.807) is 25.3 Å². The van der Waals surface area contributed by atoms with E-state index in [4.69, 9.17) is 21.1 Å². The molecule has 3 nitrogen and oxygen atoms in total. The molecule has 2 rings (SSSR count). The number of methoxy groups -OCH3 is 1. The van der Waals surface area contributed by atoms with E-state index in [0.717, 1.165) is 23.9 Å². The maximum absolute atomic E-state index is 12.5. The van der Waals surface area contributed by atoms with Gasteiger partial charge in [-0.15, -0.1) is 0 Å². The number of benzene rings is 2. The average Bonchev–Trinajstić information content (AvgIpc) is 2.57. The Morgan fingerprint density at radius 2 is 1.96 bits per heavy atom. The Hall–Kier alpha value is -0.973. The summed E-state index contributed by atoms with van der Waals surface area (Å²) in [5.41, 5.74) is 0.580. The van der Waals surface area contributed by atoms with Crippen LogP contribution in [0.1, 0.15) is 30.1 Å². The number of para-hydroxylation sites is 1. The quantitative estimate of drug-likeness (QED) is 0.406. The number of ether oxygens (including phenoxy) is 2. The van der Waals surface area contributed by atoms with Gasteiger partial charge in [0.1, 0.15) is 11.5 Å². The Balaban J connectivity index is 0.00000288. The van der Waals surface area contributed by atoms with E-state index in [-0.39, 0.29) is 33.0 Å². The summed E-state index contributed by atoms with van der Waals surface area (Å²) in [7, 11) is 1.51. The Morgan fingerprint density at radius 3 is 2.62 bits per heavy atom. The molecule has 1 unspecified atom stereocenters. The fraction of sp³-hybridized carbons (Fsp3) is 0.278. The van der Waals surface area contributed by atoms with Crippen LogP contribution >= 0.6 is 20.2 Å². The van der Waals surface area contributed by atoms with Crippen molar-refractivity contribution in [2.45, 2.75) is 19.8 Å². The third-order valence-electron chi connectivity index (χ3n) is 3.31. The van der Waals surface area contributed by atoms with Crippen molar-refractivity contribution in [2.75, 3.05) is 13.7 Å². The van der Waals surface area contributed by atoms with Crippen LogP contribution in [0.3, 0.4) is 0 Å². The van der Waals surface area contributed by atoms with Crippen LogP contribution < -0.4 is 14.8 Å². The van der Waals surface area contributed by atoms with Gasteiger partial charge in [-0.1, -0.05) is 37.1 Å². The van der Waals surface area contributed by atoms with E-state index in [0.29, 0.717) is 22.9 Å². The zero-order chi connectivity index (χ0) is 16.7. The Morgan fingerprint density at radius 1 is 1.21 bits per heavy atom. The van der Waals surface area contributed by atoms with Crippen molar-refractivity contribution in [1.29, 1.82) is 0 Å². The molecule has 0 heterocycles. The molecule has 0 aromatic heterocycles. The third-order valence-corrected chi connectivity index (χ3v) is 4.98. The zero-order valence-electron chi connectivity index (χ0n) is 13.3. The molecule has 0 saturated carbocycles. The third kappa shape index (κ3) is 5.83. The van der Waals surface area contributed by atoms with Gasteiger partial charge in [0.25, 0.3) is 0 Å². The Labute approximate surface area is 162 Å². The molecular weight excluding hydrogens is 338 g/mol. The topological polar surface area (TPSA) is 35.5 Å². The molecule has 2 aromatic rings. The predicted molar refractivity (Wildman–Crippen MR) is 104 cm³/mol. The van der Waals surface area contributed by atoms with E-state index >= 15 is 0 Å². The van der Waals surface area contributed by atoms with E-state index < -0.39 is 0 Å². The van der Waals surface area contributed by atoms with Crippen LogP contribution in [0.25, 0.3) is 0 Å². The minimum absolute atomic E-state index is 0. The Kier molecular flexibility index (Phi) is 9.48. The molecule has 24 heavy (non-hydrogen) atoms. The predicted octanol–water partition coefficient (Wildman–Crippen LogP) is 4.02. The molecule has 0 bridgehead atoms. The minimum atomic E-state index is -0.0537. The van der Waals surface area contributed by atoms with Gasteiger partial charge in [0, 0.05) is 0 Å². The van der Waals surface area contributed by atoms with Crippen molar-refractivity contribution in [3.8, 4) is 11.5 Å². The first-order valence-electron chi connectivity index (χ1n) is 7.52. The summed E-state index contributed by atoms with van der Waals surface area (Å²) < 4.78 is 10.9. The number of carbonyl (C=O) groups excluding carboxylic acids is 1. The fourth-order valence-corrected chi connectivity index (χ4v) is 3.30. The van der Waals surface area contributed by atoms with Crippen LogP contribution in [-0.2, 0) is 0 Å². The van der Waals surface area contributed by atoms with Gasteiger partial charge in [0.2, 0.25) is 0 Å². The molecule has 0 aliphatic carbocycles. The number of halogens is 1. The van der Waals surface area contributed by atoms with Crippen LogP contribution in [-0.4, -0.2) is 38.1 Å². The van der Waals surface area contributed by atoms with Crippen molar-refractivity contribution in [2.24, 2.45) is 0 Å². The fourth-order valence-electron chi connectivity index (χ4n) is 2.04. The van der Waals surface area contributed by atoms with E-state index in [2.05, 4.69) is 6.92 Å². The summed E-state index contributed by atoms with van der Waals surface area (Å²) in [6, 6.07) is 12.7. The molecule has 0 saturated heterocycles. The summed E-state index contributed by atoms with van der Waals surface area (Å²) in [6.07, 6.45) is 2.09. The molecule has 124 valence electrons. The second-order valence-corrected chi connectivity index (χ2v) is 6.65. The van der Waals surface area contributed by atoms with Gasteiger partial charge in [-0.2, -0.15) is 0 Å². The summed E-state index contributed by atoms with van der Waals surface area (Å²) in [4.78, 5) is 12.5. The summed E-state index contributed by atoms with van der Waals surface area (Å²) in [6.45, 7) is 2.79. The summed E-state index contributed by atoms with van der Waals surface area (Å²) >= 11 is 6.29. The van der Waals surface area contributed by atoms with E-state index in [1.165, 1.54) is 0 Å². The number of hydrogen-bond acceptors (Lipinski definition) is 3. The normalized spacial score (nSPS) is 10.5. The molecule has 6 heteroatoms. The van der Waals surface area contributed by atoms with Gasteiger partial charge in [-0.05, 0) is 50.6 Å². The molecule has 1 atom stereocenters. The molecule has 0 N–H and O–H groups in total. The maximum atomic E-state index is 12.5. The molecule has 0 amide bonds. The van der Waals surface area contributed by atoms with Crippen molar-refractivity contribution >= 4 is 49.9 Å². The summed E-state index contributed by atoms with van der Waals surface area (Å²) in [5.74, 6) is 1.32. The molecule has 0 aliphatic rings. The van der Waals surface area contributed by atoms with Gasteiger partial charge < -0.3 is 9.47 Å². The first kappa shape index (κ1) is 21.1. The van der Waals surface area contributed by atoms with Crippen LogP contribution in [0, 0.1) is 0 Å². The van der Waals surface area contributed by atoms with Crippen molar-refractivity contribution in [3.05, 3.63) is 53.1 Å². The first-order valence-corrected chi connectivity index (χ1v) is 8.90. The van der Waals surface area contributed by atoms with Crippen LogP contribution in [0.4, 0.5) is 0 Å². The van der Waals surface area contributed by atoms with E-state index in [9.17, 15) is 4.79 Å². The molecule has 2 aromatic carbocycles. The van der Waals surface area contributed by atoms with Gasteiger partial charge >= 0.3 is 18.9 Å². The molecular formula is C18H21ClLiO3P. The zero-order valence-corrected chi connectivity index (χ0v) is 15.0. The van der Waals surface area contributed by atoms with Gasteiger partial charge in [0.05, 0.1) is 24.3 Å². The molecule has 0 spiro atoms. The van der Waals surface area contributed by atoms with Crippen LogP contribution in [0.5, 0.6) is 11.5 Å². The first-order chi connectivity index (χ1) is 11.2. The standard InChI is InChI=1S/C18H20ClO3P.Li.H/c1-3-4-11-22-13-9-10-17(15(19)12-13)23-18(20)14-7-5-6-8-16(14)21-2;;/h5-10,12,23H,3-4,11H2,1-2H3;;. The molecule has 0 fully saturated rings. The van der Waals surface area contributed by atoms with Gasteiger partial charge in [0.15, 0.2) is 5.52 Å². The SMILES string of the molecule is CCCCOc1ccc(PC(=O)c2ccccc2OC)c(Cl)c1.[LiH]. The Bertz CT molecular complexity index is 679. The van der Waals surface area contributed by atoms with Gasteiger partial charge in [-0.3, -0.25) is 4.79 Å². The molecule has 0 aliphatic heterocycles. The number of hydrogen-bond donors (Lipinski definition) is 0. The number of carbonyl (C=O) groups is 1. The average molecular weight is 359 g/mol. The second-order valence-electron chi connectivity index (χ2n) is 5.00. The van der Waals surface area contributed by atoms with Crippen molar-refractivity contribution in [3.63, 3.8) is 0 Å². The van der Waals surface area contributed by atoms with Crippen LogP contribution in [0.15, 0.2) is 42.5 Å². The summed E-state index contributed by atoms with van der Waals surface area (Å²) in [5, 5.41) is 1.37. The second kappa shape index (κ2) is 10.8. The number of unbranched alkanes of at least 4 members (excludes halogenated alkanes) is 1. The van der Waals surface area contributed by atoms with Crippen molar-refractivity contribution in [1.82, 2.24) is 0 Å². The van der Waals surface area contributed by atoms with Gasteiger partial charge in [-0.25, -0.2) is 0 Å².